The summed E-state index contributed by atoms with van der Waals surface area (Å²) in [6.45, 7) is 5.08. The Labute approximate surface area is 264 Å². The first-order valence-corrected chi connectivity index (χ1v) is 16.2. The molecule has 0 amide bonds. The van der Waals surface area contributed by atoms with Crippen molar-refractivity contribution in [2.24, 2.45) is 34.5 Å². The van der Waals surface area contributed by atoms with Crippen molar-refractivity contribution in [1.82, 2.24) is 4.90 Å². The summed E-state index contributed by atoms with van der Waals surface area (Å²) in [5, 5.41) is 24.8. The number of hydrogen-bond acceptors (Lipinski definition) is 11. The first-order valence-electron chi connectivity index (χ1n) is 16.2. The van der Waals surface area contributed by atoms with Crippen LogP contribution in [-0.2, 0) is 33.2 Å². The molecule has 6 fully saturated rings. The fraction of sp³-hybridized carbons (Fsp3) is 0.765. The second kappa shape index (κ2) is 10.7. The second-order valence-corrected chi connectivity index (χ2v) is 14.4. The molecule has 1 heterocycles. The predicted octanol–water partition coefficient (Wildman–Crippen LogP) is 1.68. The van der Waals surface area contributed by atoms with Crippen LogP contribution in [0.25, 0.3) is 0 Å². The maximum atomic E-state index is 13.7. The lowest BCUT2D eigenvalue weighted by molar-refractivity contribution is -0.300. The van der Waals surface area contributed by atoms with E-state index in [1.54, 1.807) is 52.7 Å². The molecule has 0 unspecified atom stereocenters. The number of nitrogens with zero attached hydrogens (tertiary/aromatic N) is 1. The Morgan fingerprint density at radius 2 is 1.71 bits per heavy atom. The van der Waals surface area contributed by atoms with Crippen molar-refractivity contribution < 1.29 is 48.2 Å². The fourth-order valence-corrected chi connectivity index (χ4v) is 12.2. The lowest BCUT2D eigenvalue weighted by Crippen LogP contribution is -2.79. The molecule has 5 saturated carbocycles. The van der Waals surface area contributed by atoms with E-state index in [1.807, 2.05) is 6.07 Å². The van der Waals surface area contributed by atoms with Gasteiger partial charge in [-0.2, -0.15) is 0 Å². The van der Waals surface area contributed by atoms with Gasteiger partial charge in [0.25, 0.3) is 0 Å². The van der Waals surface area contributed by atoms with Crippen LogP contribution in [0.15, 0.2) is 30.3 Å². The maximum Gasteiger partial charge on any atom is 0.338 e. The quantitative estimate of drug-likeness (QED) is 0.387. The largest absolute Gasteiger partial charge is 0.458 e. The molecule has 1 spiro atoms. The van der Waals surface area contributed by atoms with Crippen molar-refractivity contribution >= 4 is 11.9 Å². The zero-order valence-corrected chi connectivity index (χ0v) is 27.0. The van der Waals surface area contributed by atoms with Gasteiger partial charge in [-0.1, -0.05) is 25.1 Å². The Morgan fingerprint density at radius 1 is 1.00 bits per heavy atom. The van der Waals surface area contributed by atoms with Gasteiger partial charge in [0.05, 0.1) is 36.6 Å². The minimum atomic E-state index is -1.55. The first-order chi connectivity index (χ1) is 21.5. The third-order valence-corrected chi connectivity index (χ3v) is 13.1. The van der Waals surface area contributed by atoms with Crippen LogP contribution >= 0.6 is 0 Å². The molecule has 11 nitrogen and oxygen atoms in total. The summed E-state index contributed by atoms with van der Waals surface area (Å²) in [4.78, 5) is 29.3. The number of benzene rings is 1. The highest BCUT2D eigenvalue weighted by atomic mass is 16.6. The van der Waals surface area contributed by atoms with E-state index in [1.165, 1.54) is 6.92 Å². The summed E-state index contributed by atoms with van der Waals surface area (Å²) >= 11 is 0. The molecule has 11 heteroatoms. The van der Waals surface area contributed by atoms with Crippen molar-refractivity contribution in [3.05, 3.63) is 35.9 Å². The number of aliphatic hydroxyl groups excluding tert-OH is 1. The van der Waals surface area contributed by atoms with Crippen molar-refractivity contribution in [2.75, 3.05) is 48.1 Å². The molecule has 248 valence electrons. The Hall–Kier alpha value is -2.12. The molecule has 1 aromatic rings. The van der Waals surface area contributed by atoms with Gasteiger partial charge >= 0.3 is 11.9 Å². The molecule has 0 aromatic heterocycles. The van der Waals surface area contributed by atoms with Gasteiger partial charge in [-0.15, -0.1) is 0 Å². The summed E-state index contributed by atoms with van der Waals surface area (Å²) in [5.41, 5.74) is -3.74. The van der Waals surface area contributed by atoms with Gasteiger partial charge < -0.3 is 38.6 Å². The molecule has 7 rings (SSSR count). The molecule has 6 aliphatic rings. The third kappa shape index (κ3) is 3.72. The van der Waals surface area contributed by atoms with Crippen LogP contribution in [0.4, 0.5) is 0 Å². The Kier molecular flexibility index (Phi) is 7.48. The third-order valence-electron chi connectivity index (χ3n) is 13.1. The highest BCUT2D eigenvalue weighted by Crippen LogP contribution is 2.80. The van der Waals surface area contributed by atoms with E-state index in [4.69, 9.17) is 28.4 Å². The Balaban J connectivity index is 1.50. The second-order valence-electron chi connectivity index (χ2n) is 14.4. The van der Waals surface area contributed by atoms with E-state index >= 15 is 0 Å². The number of carbonyl (C=O) groups excluding carboxylic acids is 2. The van der Waals surface area contributed by atoms with Crippen LogP contribution in [0, 0.1) is 34.5 Å². The number of methoxy groups -OCH3 is 4. The molecule has 0 radical (unpaired) electrons. The predicted molar refractivity (Wildman–Crippen MR) is 159 cm³/mol. The first kappa shape index (κ1) is 31.5. The SMILES string of the molecule is CCN1C[C@]2(COC)[C@H](O)C[C@H](OC)[C@@]34[C@@H]5C[C@@]6(O)[C@H](OC)C[C@@](OC(C)=O)([C@H]5[C@@H]6OC(=O)c5ccccc5)[C@@H]([C@@H](OC)[C@H]23)[C@@H]14. The summed E-state index contributed by atoms with van der Waals surface area (Å²) in [7, 11) is 6.58. The van der Waals surface area contributed by atoms with Crippen LogP contribution in [0.1, 0.15) is 43.5 Å². The molecular formula is C34H47NO10. The van der Waals surface area contributed by atoms with Crippen molar-refractivity contribution in [1.29, 1.82) is 0 Å². The summed E-state index contributed by atoms with van der Waals surface area (Å²) in [6.07, 6.45) is -2.55. The highest BCUT2D eigenvalue weighted by molar-refractivity contribution is 5.89. The number of piperidine rings is 1. The van der Waals surface area contributed by atoms with Crippen LogP contribution in [0.2, 0.25) is 0 Å². The zero-order valence-electron chi connectivity index (χ0n) is 27.0. The van der Waals surface area contributed by atoms with E-state index in [-0.39, 0.29) is 30.7 Å². The molecule has 1 aromatic carbocycles. The average Bonchev–Trinajstić information content (AvgIpc) is 3.40. The van der Waals surface area contributed by atoms with Crippen LogP contribution < -0.4 is 0 Å². The molecule has 45 heavy (non-hydrogen) atoms. The number of carbonyl (C=O) groups is 2. The lowest BCUT2D eigenvalue weighted by atomic mass is 9.42. The van der Waals surface area contributed by atoms with Gasteiger partial charge in [0.2, 0.25) is 0 Å². The van der Waals surface area contributed by atoms with Gasteiger partial charge in [-0.3, -0.25) is 9.69 Å². The van der Waals surface area contributed by atoms with Crippen molar-refractivity contribution in [2.45, 2.75) is 80.9 Å². The molecule has 14 atom stereocenters. The smallest absolute Gasteiger partial charge is 0.338 e. The van der Waals surface area contributed by atoms with Gasteiger partial charge in [0, 0.05) is 89.4 Å². The molecule has 1 aliphatic heterocycles. The zero-order chi connectivity index (χ0) is 32.1. The average molecular weight is 630 g/mol. The standard InChI is InChI=1S/C34H47NO10/c1-7-35-16-31(17-40-3)21(37)13-22(41-4)34-20-14-32(39)23(42-5)15-33(45-18(2)36,25(28(34)35)26(43-6)27(31)34)24(20)29(32)44-30(38)19-11-9-8-10-12-19/h8-12,20-29,37,39H,7,13-17H2,1-6H3/t20-,21-,22+,23-,24-,25+,26-,27-,28-,29+,31+,32-,33-,34+/m1/s1. The topological polar surface area (TPSA) is 133 Å². The van der Waals surface area contributed by atoms with E-state index in [9.17, 15) is 19.8 Å². The normalized spacial score (nSPS) is 49.1. The van der Waals surface area contributed by atoms with Gasteiger partial charge in [0.15, 0.2) is 0 Å². The molecular weight excluding hydrogens is 582 g/mol. The van der Waals surface area contributed by atoms with Gasteiger partial charge in [0.1, 0.15) is 17.3 Å². The fourth-order valence-electron chi connectivity index (χ4n) is 12.2. The lowest BCUT2D eigenvalue weighted by Gasteiger charge is -2.70. The minimum absolute atomic E-state index is 0.163. The van der Waals surface area contributed by atoms with Crippen LogP contribution in [0.3, 0.4) is 0 Å². The number of rotatable bonds is 9. The Bertz CT molecular complexity index is 1330. The summed E-state index contributed by atoms with van der Waals surface area (Å²) in [5.74, 6) is -2.55. The van der Waals surface area contributed by atoms with E-state index in [2.05, 4.69) is 11.8 Å². The van der Waals surface area contributed by atoms with Crippen LogP contribution in [-0.4, -0.2) is 123 Å². The number of ether oxygens (including phenoxy) is 6. The number of esters is 2. The van der Waals surface area contributed by atoms with Crippen molar-refractivity contribution in [3.8, 4) is 0 Å². The number of aliphatic hydroxyl groups is 2. The van der Waals surface area contributed by atoms with E-state index in [0.29, 0.717) is 31.7 Å². The summed E-state index contributed by atoms with van der Waals surface area (Å²) < 4.78 is 37.9. The summed E-state index contributed by atoms with van der Waals surface area (Å²) in [6, 6.07) is 8.56. The number of fused-ring (bicyclic) bond motifs is 2. The van der Waals surface area contributed by atoms with Crippen LogP contribution in [0.5, 0.6) is 0 Å². The molecule has 1 saturated heterocycles. The molecule has 5 aliphatic carbocycles. The van der Waals surface area contributed by atoms with E-state index < -0.39 is 76.3 Å². The highest BCUT2D eigenvalue weighted by Gasteiger charge is 2.90. The number of hydrogen-bond donors (Lipinski definition) is 2. The van der Waals surface area contributed by atoms with Gasteiger partial charge in [-0.05, 0) is 31.0 Å². The minimum Gasteiger partial charge on any atom is -0.458 e. The number of likely N-dealkylation sites (tertiary alicyclic amines) is 1. The maximum absolute atomic E-state index is 13.7. The van der Waals surface area contributed by atoms with Gasteiger partial charge in [-0.25, -0.2) is 4.79 Å². The Morgan fingerprint density at radius 3 is 2.31 bits per heavy atom. The monoisotopic (exact) mass is 629 g/mol. The van der Waals surface area contributed by atoms with Crippen molar-refractivity contribution in [3.63, 3.8) is 0 Å². The molecule has 7 bridgehead atoms. The molecule has 2 N–H and O–H groups in total. The van der Waals surface area contributed by atoms with E-state index in [0.717, 1.165) is 0 Å².